The van der Waals surface area contributed by atoms with Crippen LogP contribution in [0.4, 0.5) is 0 Å². The number of aliphatic hydroxyl groups is 3. The molecular formula is C47H82O12S. The van der Waals surface area contributed by atoms with Crippen molar-refractivity contribution in [3.63, 3.8) is 0 Å². The van der Waals surface area contributed by atoms with Crippen molar-refractivity contribution in [2.75, 3.05) is 26.4 Å². The Morgan fingerprint density at radius 1 is 0.650 bits per heavy atom. The molecule has 1 rings (SSSR count). The lowest BCUT2D eigenvalue weighted by Gasteiger charge is -2.41. The number of ether oxygens (including phenoxy) is 4. The van der Waals surface area contributed by atoms with E-state index in [1.165, 1.54) is 51.4 Å². The smallest absolute Gasteiger partial charge is 0.397 e. The van der Waals surface area contributed by atoms with Crippen molar-refractivity contribution in [2.45, 2.75) is 205 Å². The fourth-order valence-corrected chi connectivity index (χ4v) is 7.15. The molecule has 6 atom stereocenters. The first kappa shape index (κ1) is 55.8. The molecule has 1 saturated heterocycles. The Morgan fingerprint density at radius 3 is 1.70 bits per heavy atom. The lowest BCUT2D eigenvalue weighted by atomic mass is 9.99. The largest absolute Gasteiger partial charge is 0.457 e. The van der Waals surface area contributed by atoms with Crippen LogP contribution in [0, 0.1) is 0 Å². The standard InChI is InChI=1S/C47H82O12S/c1-3-5-7-9-11-13-15-16-17-18-19-20-21-22-23-24-25-27-29-31-33-35-37-55-39-41(57-43(49)36-34-32-30-28-26-14-12-10-8-6-4-2)40-56-47-45(51)46(59-60(52,53)54)44(50)42(38-48)58-47/h5,7,10-13,16-17,19-20,41-42,44-48,50-51H,3-4,6,8-9,14-15,18,21-40H2,1-2H3,(H,52,53,54)/b7-5-,12-10-,13-11-,17-16-,20-19-. The predicted molar refractivity (Wildman–Crippen MR) is 239 cm³/mol. The molecule has 348 valence electrons. The number of esters is 1. The molecule has 0 bridgehead atoms. The molecule has 6 unspecified atom stereocenters. The molecule has 0 radical (unpaired) electrons. The molecule has 1 heterocycles. The van der Waals surface area contributed by atoms with Gasteiger partial charge in [-0.3, -0.25) is 9.35 Å². The van der Waals surface area contributed by atoms with E-state index in [2.05, 4.69) is 78.8 Å². The predicted octanol–water partition coefficient (Wildman–Crippen LogP) is 9.74. The summed E-state index contributed by atoms with van der Waals surface area (Å²) >= 11 is 0. The molecule has 0 aromatic rings. The van der Waals surface area contributed by atoms with Crippen LogP contribution in [0.25, 0.3) is 0 Å². The fraction of sp³-hybridized carbons (Fsp3) is 0.766. The van der Waals surface area contributed by atoms with Gasteiger partial charge in [0, 0.05) is 13.0 Å². The van der Waals surface area contributed by atoms with Crippen LogP contribution in [0.3, 0.4) is 0 Å². The van der Waals surface area contributed by atoms with E-state index in [9.17, 15) is 28.5 Å². The SMILES string of the molecule is CC/C=C\C/C=C\C/C=C\C/C=C\CCCCCCCCCCCOCC(COC1OC(CO)C(O)C(OS(=O)(=O)O)C1O)OC(=O)CCCCCCC/C=C\CCCC. The van der Waals surface area contributed by atoms with E-state index in [1.807, 2.05) is 0 Å². The summed E-state index contributed by atoms with van der Waals surface area (Å²) in [6.45, 7) is 3.80. The van der Waals surface area contributed by atoms with Crippen molar-refractivity contribution < 1.29 is 56.2 Å². The summed E-state index contributed by atoms with van der Waals surface area (Å²) in [6.07, 6.45) is 38.3. The molecule has 1 fully saturated rings. The summed E-state index contributed by atoms with van der Waals surface area (Å²) in [4.78, 5) is 12.8. The van der Waals surface area contributed by atoms with Crippen molar-refractivity contribution in [1.29, 1.82) is 0 Å². The highest BCUT2D eigenvalue weighted by atomic mass is 32.3. The van der Waals surface area contributed by atoms with Gasteiger partial charge in [0.2, 0.25) is 0 Å². The molecule has 1 aliphatic heterocycles. The van der Waals surface area contributed by atoms with Crippen LogP contribution in [-0.4, -0.2) is 97.5 Å². The average Bonchev–Trinajstić information content (AvgIpc) is 3.22. The van der Waals surface area contributed by atoms with Gasteiger partial charge in [0.1, 0.15) is 30.5 Å². The highest BCUT2D eigenvalue weighted by Gasteiger charge is 2.48. The van der Waals surface area contributed by atoms with Crippen LogP contribution < -0.4 is 0 Å². The number of hydrogen-bond acceptors (Lipinski definition) is 11. The number of allylic oxidation sites excluding steroid dienone is 10. The second-order valence-corrected chi connectivity index (χ2v) is 16.7. The Balaban J connectivity index is 2.37. The topological polar surface area (TPSA) is 178 Å². The van der Waals surface area contributed by atoms with Gasteiger partial charge in [-0.05, 0) is 70.6 Å². The van der Waals surface area contributed by atoms with Gasteiger partial charge >= 0.3 is 16.4 Å². The number of aliphatic hydroxyl groups excluding tert-OH is 3. The molecule has 60 heavy (non-hydrogen) atoms. The first-order valence-corrected chi connectivity index (χ1v) is 24.4. The maximum absolute atomic E-state index is 12.8. The Kier molecular flexibility index (Phi) is 35.8. The maximum atomic E-state index is 12.8. The number of hydrogen-bond donors (Lipinski definition) is 4. The Labute approximate surface area is 363 Å². The zero-order chi connectivity index (χ0) is 43.9. The molecule has 0 aromatic heterocycles. The van der Waals surface area contributed by atoms with Gasteiger partial charge in [0.15, 0.2) is 6.29 Å². The molecule has 1 aliphatic rings. The van der Waals surface area contributed by atoms with Gasteiger partial charge in [0.05, 0.1) is 19.8 Å². The zero-order valence-electron chi connectivity index (χ0n) is 37.0. The second-order valence-electron chi connectivity index (χ2n) is 15.6. The first-order chi connectivity index (χ1) is 29.1. The van der Waals surface area contributed by atoms with Crippen molar-refractivity contribution in [3.05, 3.63) is 60.8 Å². The van der Waals surface area contributed by atoms with Crippen molar-refractivity contribution in [2.24, 2.45) is 0 Å². The first-order valence-electron chi connectivity index (χ1n) is 23.0. The molecular weight excluding hydrogens is 789 g/mol. The number of unbranched alkanes of at least 4 members (excludes halogenated alkanes) is 16. The summed E-state index contributed by atoms with van der Waals surface area (Å²) in [5.41, 5.74) is 0. The monoisotopic (exact) mass is 871 g/mol. The minimum absolute atomic E-state index is 0.0260. The highest BCUT2D eigenvalue weighted by molar-refractivity contribution is 7.80. The summed E-state index contributed by atoms with van der Waals surface area (Å²) in [6, 6.07) is 0. The minimum Gasteiger partial charge on any atom is -0.457 e. The van der Waals surface area contributed by atoms with E-state index in [4.69, 9.17) is 23.5 Å². The molecule has 13 heteroatoms. The van der Waals surface area contributed by atoms with Crippen LogP contribution in [0.15, 0.2) is 60.8 Å². The van der Waals surface area contributed by atoms with E-state index in [0.29, 0.717) is 13.0 Å². The summed E-state index contributed by atoms with van der Waals surface area (Å²) in [7, 11) is -5.06. The average molecular weight is 871 g/mol. The molecule has 0 saturated carbocycles. The number of rotatable bonds is 39. The van der Waals surface area contributed by atoms with Gasteiger partial charge in [-0.1, -0.05) is 152 Å². The van der Waals surface area contributed by atoms with E-state index in [-0.39, 0.29) is 19.6 Å². The van der Waals surface area contributed by atoms with E-state index in [0.717, 1.165) is 89.9 Å². The lowest BCUT2D eigenvalue weighted by molar-refractivity contribution is -0.301. The van der Waals surface area contributed by atoms with Crippen molar-refractivity contribution >= 4 is 16.4 Å². The van der Waals surface area contributed by atoms with Crippen molar-refractivity contribution in [1.82, 2.24) is 0 Å². The van der Waals surface area contributed by atoms with Crippen molar-refractivity contribution in [3.8, 4) is 0 Å². The van der Waals surface area contributed by atoms with Gasteiger partial charge in [-0.25, -0.2) is 4.18 Å². The van der Waals surface area contributed by atoms with Gasteiger partial charge < -0.3 is 34.3 Å². The third-order valence-corrected chi connectivity index (χ3v) is 10.6. The van der Waals surface area contributed by atoms with Gasteiger partial charge in [0.25, 0.3) is 0 Å². The van der Waals surface area contributed by atoms with Crippen LogP contribution in [-0.2, 0) is 38.3 Å². The maximum Gasteiger partial charge on any atom is 0.397 e. The fourth-order valence-electron chi connectivity index (χ4n) is 6.64. The molecule has 0 amide bonds. The van der Waals surface area contributed by atoms with Crippen LogP contribution in [0.2, 0.25) is 0 Å². The van der Waals surface area contributed by atoms with Gasteiger partial charge in [-0.2, -0.15) is 8.42 Å². The molecule has 0 aliphatic carbocycles. The number of carbonyl (C=O) groups is 1. The molecule has 0 aromatic carbocycles. The Hall–Kier alpha value is -2.20. The summed E-state index contributed by atoms with van der Waals surface area (Å²) < 4.78 is 59.0. The normalized spacial score (nSPS) is 20.8. The Morgan fingerprint density at radius 2 is 1.15 bits per heavy atom. The summed E-state index contributed by atoms with van der Waals surface area (Å²) in [5.74, 6) is -0.415. The van der Waals surface area contributed by atoms with E-state index >= 15 is 0 Å². The minimum atomic E-state index is -5.06. The molecule has 12 nitrogen and oxygen atoms in total. The van der Waals surface area contributed by atoms with E-state index in [1.54, 1.807) is 0 Å². The zero-order valence-corrected chi connectivity index (χ0v) is 37.8. The third kappa shape index (κ3) is 31.6. The summed E-state index contributed by atoms with van der Waals surface area (Å²) in [5, 5.41) is 30.6. The van der Waals surface area contributed by atoms with Crippen LogP contribution >= 0.6 is 0 Å². The Bertz CT molecular complexity index is 1280. The van der Waals surface area contributed by atoms with Crippen LogP contribution in [0.5, 0.6) is 0 Å². The van der Waals surface area contributed by atoms with Gasteiger partial charge in [-0.15, -0.1) is 0 Å². The van der Waals surface area contributed by atoms with E-state index < -0.39 is 59.8 Å². The quantitative estimate of drug-likeness (QED) is 0.0199. The van der Waals surface area contributed by atoms with Crippen LogP contribution in [0.1, 0.15) is 168 Å². The third-order valence-electron chi connectivity index (χ3n) is 10.1. The number of carbonyl (C=O) groups excluding carboxylic acids is 1. The lowest BCUT2D eigenvalue weighted by Crippen LogP contribution is -2.60. The molecule has 0 spiro atoms. The second kappa shape index (κ2) is 38.5. The highest BCUT2D eigenvalue weighted by Crippen LogP contribution is 2.26. The molecule has 4 N–H and O–H groups in total.